The van der Waals surface area contributed by atoms with E-state index in [0.717, 1.165) is 11.3 Å². The largest absolute Gasteiger partial charge is 0.351 e. The van der Waals surface area contributed by atoms with Gasteiger partial charge in [0.25, 0.3) is 0 Å². The third kappa shape index (κ3) is 3.23. The van der Waals surface area contributed by atoms with Gasteiger partial charge in [-0.25, -0.2) is 10.7 Å². The first kappa shape index (κ1) is 11.5. The third-order valence-corrected chi connectivity index (χ3v) is 2.14. The number of primary amides is 1. The molecule has 5 nitrogen and oxygen atoms in total. The summed E-state index contributed by atoms with van der Waals surface area (Å²) >= 11 is 0. The van der Waals surface area contributed by atoms with Crippen LogP contribution < -0.4 is 16.5 Å². The first-order valence-corrected chi connectivity index (χ1v) is 4.59. The molecule has 0 spiro atoms. The minimum Gasteiger partial charge on any atom is -0.351 e. The highest BCUT2D eigenvalue weighted by molar-refractivity contribution is 5.90. The average Bonchev–Trinajstić information content (AvgIpc) is 2.25. The van der Waals surface area contributed by atoms with Gasteiger partial charge < -0.3 is 10.6 Å². The molecule has 0 heterocycles. The lowest BCUT2D eigenvalue weighted by Crippen LogP contribution is -2.31. The van der Waals surface area contributed by atoms with Crippen LogP contribution in [0.1, 0.15) is 5.56 Å². The van der Waals surface area contributed by atoms with Gasteiger partial charge in [0.15, 0.2) is 0 Å². The molecule has 0 unspecified atom stereocenters. The zero-order chi connectivity index (χ0) is 11.3. The molecule has 0 aliphatic heterocycles. The van der Waals surface area contributed by atoms with Gasteiger partial charge in [-0.1, -0.05) is 12.1 Å². The second kappa shape index (κ2) is 5.33. The summed E-state index contributed by atoms with van der Waals surface area (Å²) in [4.78, 5) is 16.8. The van der Waals surface area contributed by atoms with Crippen molar-refractivity contribution in [3.63, 3.8) is 0 Å². The highest BCUT2D eigenvalue weighted by Crippen LogP contribution is 2.14. The van der Waals surface area contributed by atoms with Gasteiger partial charge in [-0.05, 0) is 24.1 Å². The van der Waals surface area contributed by atoms with E-state index >= 15 is 0 Å². The van der Waals surface area contributed by atoms with Crippen LogP contribution in [0.3, 0.4) is 0 Å². The summed E-state index contributed by atoms with van der Waals surface area (Å²) in [6.45, 7) is 0.448. The minimum absolute atomic E-state index is 0.448. The summed E-state index contributed by atoms with van der Waals surface area (Å²) in [5.41, 5.74) is 6.97. The Hall–Kier alpha value is -1.59. The highest BCUT2D eigenvalue weighted by Gasteiger charge is 2.06. The van der Waals surface area contributed by atoms with Gasteiger partial charge in [-0.15, -0.1) is 0 Å². The van der Waals surface area contributed by atoms with Crippen LogP contribution in [0.2, 0.25) is 0 Å². The van der Waals surface area contributed by atoms with Crippen molar-refractivity contribution < 1.29 is 9.63 Å². The van der Waals surface area contributed by atoms with Crippen molar-refractivity contribution in [1.29, 1.82) is 0 Å². The Morgan fingerprint density at radius 3 is 2.87 bits per heavy atom. The lowest BCUT2D eigenvalue weighted by atomic mass is 10.1. The van der Waals surface area contributed by atoms with E-state index in [1.54, 1.807) is 7.05 Å². The van der Waals surface area contributed by atoms with E-state index in [2.05, 4.69) is 4.84 Å². The number of hydrogen-bond donors (Lipinski definition) is 2. The Labute approximate surface area is 88.6 Å². The Bertz CT molecular complexity index is 341. The van der Waals surface area contributed by atoms with Crippen LogP contribution in [0.15, 0.2) is 24.3 Å². The van der Waals surface area contributed by atoms with Crippen LogP contribution in [-0.2, 0) is 11.3 Å². The first-order valence-electron chi connectivity index (χ1n) is 4.59. The van der Waals surface area contributed by atoms with Gasteiger partial charge in [0.2, 0.25) is 0 Å². The second-order valence-electron chi connectivity index (χ2n) is 3.19. The predicted octanol–water partition coefficient (Wildman–Crippen LogP) is 0.634. The number of anilines is 1. The van der Waals surface area contributed by atoms with Crippen LogP contribution in [0.5, 0.6) is 0 Å². The number of carbonyl (C=O) groups excluding carboxylic acids is 1. The number of nitrogens with two attached hydrogens (primary N) is 2. The molecule has 5 heteroatoms. The molecular formula is C10H15N3O2. The second-order valence-corrected chi connectivity index (χ2v) is 3.19. The molecule has 0 aliphatic carbocycles. The van der Waals surface area contributed by atoms with Crippen LogP contribution >= 0.6 is 0 Å². The summed E-state index contributed by atoms with van der Waals surface area (Å²) in [7, 11) is 1.63. The molecule has 4 N–H and O–H groups in total. The quantitative estimate of drug-likeness (QED) is 0.714. The summed E-state index contributed by atoms with van der Waals surface area (Å²) < 4.78 is 0. The van der Waals surface area contributed by atoms with E-state index in [9.17, 15) is 4.79 Å². The minimum atomic E-state index is -0.484. The molecule has 0 saturated heterocycles. The van der Waals surface area contributed by atoms with Gasteiger partial charge in [-0.2, -0.15) is 0 Å². The smallest absolute Gasteiger partial charge is 0.318 e. The van der Waals surface area contributed by atoms with Crippen molar-refractivity contribution >= 4 is 11.7 Å². The van der Waals surface area contributed by atoms with Crippen molar-refractivity contribution in [3.05, 3.63) is 29.8 Å². The number of hydrogen-bond acceptors (Lipinski definition) is 3. The summed E-state index contributed by atoms with van der Waals surface area (Å²) in [6, 6.07) is 7.02. The van der Waals surface area contributed by atoms with E-state index < -0.39 is 6.03 Å². The standard InChI is InChI=1S/C10H15N3O2/c1-13(10(11)14)9-4-2-3-8(7-9)5-6-15-12/h2-4,7H,5-6,12H2,1H3,(H2,11,14). The average molecular weight is 209 g/mol. The molecule has 1 aromatic rings. The van der Waals surface area contributed by atoms with E-state index in [1.165, 1.54) is 4.90 Å². The van der Waals surface area contributed by atoms with Crippen LogP contribution in [0, 0.1) is 0 Å². The van der Waals surface area contributed by atoms with Crippen LogP contribution in [0.4, 0.5) is 10.5 Å². The molecule has 0 aromatic heterocycles. The van der Waals surface area contributed by atoms with E-state index in [4.69, 9.17) is 11.6 Å². The van der Waals surface area contributed by atoms with Crippen molar-refractivity contribution in [2.45, 2.75) is 6.42 Å². The Morgan fingerprint density at radius 1 is 1.53 bits per heavy atom. The molecule has 0 atom stereocenters. The first-order chi connectivity index (χ1) is 7.15. The van der Waals surface area contributed by atoms with E-state index in [1.807, 2.05) is 24.3 Å². The maximum absolute atomic E-state index is 10.9. The monoisotopic (exact) mass is 209 g/mol. The number of urea groups is 1. The molecule has 2 amide bonds. The number of carbonyl (C=O) groups is 1. The predicted molar refractivity (Wildman–Crippen MR) is 58.3 cm³/mol. The van der Waals surface area contributed by atoms with Gasteiger partial charge >= 0.3 is 6.03 Å². The molecule has 0 fully saturated rings. The Morgan fingerprint density at radius 2 is 2.27 bits per heavy atom. The van der Waals surface area contributed by atoms with E-state index in [-0.39, 0.29) is 0 Å². The molecular weight excluding hydrogens is 194 g/mol. The molecule has 82 valence electrons. The summed E-state index contributed by atoms with van der Waals surface area (Å²) in [5, 5.41) is 0. The lowest BCUT2D eigenvalue weighted by Gasteiger charge is -2.15. The number of amides is 2. The van der Waals surface area contributed by atoms with Gasteiger partial charge in [-0.3, -0.25) is 4.90 Å². The number of benzene rings is 1. The van der Waals surface area contributed by atoms with Crippen LogP contribution in [-0.4, -0.2) is 19.7 Å². The van der Waals surface area contributed by atoms with E-state index in [0.29, 0.717) is 13.0 Å². The van der Waals surface area contributed by atoms with Gasteiger partial charge in [0.05, 0.1) is 6.61 Å². The van der Waals surface area contributed by atoms with Crippen LogP contribution in [0.25, 0.3) is 0 Å². The Balaban J connectivity index is 2.77. The van der Waals surface area contributed by atoms with Gasteiger partial charge in [0, 0.05) is 12.7 Å². The summed E-state index contributed by atoms with van der Waals surface area (Å²) in [6.07, 6.45) is 0.705. The molecule has 1 aromatic carbocycles. The fourth-order valence-corrected chi connectivity index (χ4v) is 1.22. The maximum Gasteiger partial charge on any atom is 0.318 e. The third-order valence-electron chi connectivity index (χ3n) is 2.14. The Kier molecular flexibility index (Phi) is 4.08. The molecule has 0 radical (unpaired) electrons. The fraction of sp³-hybridized carbons (Fsp3) is 0.300. The lowest BCUT2D eigenvalue weighted by molar-refractivity contribution is 0.141. The van der Waals surface area contributed by atoms with Crippen molar-refractivity contribution in [1.82, 2.24) is 0 Å². The zero-order valence-corrected chi connectivity index (χ0v) is 8.64. The highest BCUT2D eigenvalue weighted by atomic mass is 16.6. The van der Waals surface area contributed by atoms with Gasteiger partial charge in [0.1, 0.15) is 0 Å². The topological polar surface area (TPSA) is 81.6 Å². The maximum atomic E-state index is 10.9. The molecule has 0 bridgehead atoms. The number of nitrogens with zero attached hydrogens (tertiary/aromatic N) is 1. The molecule has 0 aliphatic rings. The fourth-order valence-electron chi connectivity index (χ4n) is 1.22. The summed E-state index contributed by atoms with van der Waals surface area (Å²) in [5.74, 6) is 4.94. The van der Waals surface area contributed by atoms with Crippen molar-refractivity contribution in [2.75, 3.05) is 18.6 Å². The number of rotatable bonds is 4. The molecule has 0 saturated carbocycles. The molecule has 1 rings (SSSR count). The van der Waals surface area contributed by atoms with Crippen molar-refractivity contribution in [3.8, 4) is 0 Å². The zero-order valence-electron chi connectivity index (χ0n) is 8.64. The normalized spacial score (nSPS) is 10.0. The van der Waals surface area contributed by atoms with Crippen molar-refractivity contribution in [2.24, 2.45) is 11.6 Å². The SMILES string of the molecule is CN(C(N)=O)c1cccc(CCON)c1. The molecule has 15 heavy (non-hydrogen) atoms.